The van der Waals surface area contributed by atoms with E-state index in [2.05, 4.69) is 14.9 Å². The van der Waals surface area contributed by atoms with Gasteiger partial charge in [0.05, 0.1) is 29.8 Å². The summed E-state index contributed by atoms with van der Waals surface area (Å²) in [5.41, 5.74) is 3.14. The molecule has 1 fully saturated rings. The molecule has 1 unspecified atom stereocenters. The number of hydrogen-bond donors (Lipinski definition) is 1. The Kier molecular flexibility index (Phi) is 6.34. The average Bonchev–Trinajstić information content (AvgIpc) is 3.24. The van der Waals surface area contributed by atoms with Crippen LogP contribution in [-0.4, -0.2) is 39.7 Å². The van der Waals surface area contributed by atoms with Crippen molar-refractivity contribution in [3.8, 4) is 0 Å². The summed E-state index contributed by atoms with van der Waals surface area (Å²) in [6.07, 6.45) is 2.37. The molecular weight excluding hydrogens is 362 g/mol. The fourth-order valence-corrected chi connectivity index (χ4v) is 4.06. The van der Waals surface area contributed by atoms with Gasteiger partial charge >= 0.3 is 0 Å². The topological polar surface area (TPSA) is 73.2 Å². The molecule has 0 aliphatic carbocycles. The maximum absolute atomic E-state index is 12.4. The van der Waals surface area contributed by atoms with Crippen molar-refractivity contribution in [2.45, 2.75) is 51.4 Å². The van der Waals surface area contributed by atoms with Crippen molar-refractivity contribution in [2.24, 2.45) is 0 Å². The van der Waals surface area contributed by atoms with Gasteiger partial charge in [0.25, 0.3) is 0 Å². The lowest BCUT2D eigenvalue weighted by molar-refractivity contribution is -0.113. The first-order chi connectivity index (χ1) is 13.0. The summed E-state index contributed by atoms with van der Waals surface area (Å²) in [5.74, 6) is 0.000727. The third kappa shape index (κ3) is 4.78. The number of para-hydroxylation sites is 1. The number of amides is 1. The molecule has 1 aromatic heterocycles. The first-order valence-electron chi connectivity index (χ1n) is 9.13. The summed E-state index contributed by atoms with van der Waals surface area (Å²) in [4.78, 5) is 28.7. The maximum Gasteiger partial charge on any atom is 0.234 e. The first kappa shape index (κ1) is 19.6. The van der Waals surface area contributed by atoms with Crippen molar-refractivity contribution in [1.82, 2.24) is 9.55 Å². The highest BCUT2D eigenvalue weighted by Crippen LogP contribution is 2.25. The quantitative estimate of drug-likeness (QED) is 0.580. The molecule has 1 saturated heterocycles. The number of hydrogen-bond acceptors (Lipinski definition) is 5. The van der Waals surface area contributed by atoms with Crippen LogP contribution in [0.2, 0.25) is 0 Å². The Hall–Kier alpha value is -2.12. The number of ether oxygens (including phenoxy) is 1. The summed E-state index contributed by atoms with van der Waals surface area (Å²) in [6.45, 7) is 7.11. The smallest absolute Gasteiger partial charge is 0.234 e. The van der Waals surface area contributed by atoms with E-state index in [1.807, 2.05) is 13.8 Å². The van der Waals surface area contributed by atoms with Gasteiger partial charge in [-0.15, -0.1) is 0 Å². The summed E-state index contributed by atoms with van der Waals surface area (Å²) in [7, 11) is 0. The number of aromatic nitrogens is 2. The summed E-state index contributed by atoms with van der Waals surface area (Å²) in [6, 6.07) is 7.04. The van der Waals surface area contributed by atoms with Crippen molar-refractivity contribution in [1.29, 1.82) is 0 Å². The molecule has 2 aromatic rings. The van der Waals surface area contributed by atoms with Gasteiger partial charge in [0.15, 0.2) is 10.9 Å². The van der Waals surface area contributed by atoms with Crippen LogP contribution in [0.15, 0.2) is 29.4 Å². The highest BCUT2D eigenvalue weighted by Gasteiger charge is 2.21. The Bertz CT molecular complexity index is 841. The number of nitrogens with zero attached hydrogens (tertiary/aromatic N) is 2. The number of rotatable bonds is 7. The summed E-state index contributed by atoms with van der Waals surface area (Å²) >= 11 is 1.41. The van der Waals surface area contributed by atoms with E-state index in [1.54, 1.807) is 24.3 Å². The lowest BCUT2D eigenvalue weighted by atomic mass is 10.1. The lowest BCUT2D eigenvalue weighted by Gasteiger charge is -2.14. The van der Waals surface area contributed by atoms with Gasteiger partial charge in [-0.05, 0) is 45.7 Å². The zero-order valence-corrected chi connectivity index (χ0v) is 16.8. The summed E-state index contributed by atoms with van der Waals surface area (Å²) < 4.78 is 7.89. The molecule has 1 aliphatic rings. The van der Waals surface area contributed by atoms with Crippen LogP contribution in [0.1, 0.15) is 41.5 Å². The zero-order chi connectivity index (χ0) is 19.4. The van der Waals surface area contributed by atoms with Gasteiger partial charge in [-0.25, -0.2) is 4.98 Å². The fraction of sp³-hybridized carbons (Fsp3) is 0.450. The number of ketones is 1. The van der Waals surface area contributed by atoms with Crippen LogP contribution >= 0.6 is 11.8 Å². The van der Waals surface area contributed by atoms with Crippen LogP contribution in [-0.2, 0) is 16.1 Å². The van der Waals surface area contributed by atoms with E-state index in [4.69, 9.17) is 4.74 Å². The van der Waals surface area contributed by atoms with E-state index in [-0.39, 0.29) is 23.5 Å². The fourth-order valence-electron chi connectivity index (χ4n) is 3.16. The van der Waals surface area contributed by atoms with Crippen LogP contribution < -0.4 is 5.32 Å². The van der Waals surface area contributed by atoms with Gasteiger partial charge in [0, 0.05) is 17.9 Å². The van der Waals surface area contributed by atoms with Crippen molar-refractivity contribution in [3.63, 3.8) is 0 Å². The third-order valence-electron chi connectivity index (χ3n) is 4.75. The molecule has 7 heteroatoms. The van der Waals surface area contributed by atoms with Crippen LogP contribution in [0.4, 0.5) is 5.69 Å². The molecule has 0 saturated carbocycles. The van der Waals surface area contributed by atoms with Crippen molar-refractivity contribution in [2.75, 3.05) is 17.7 Å². The number of aryl methyl sites for hydroxylation is 1. The number of thioether (sulfide) groups is 1. The average molecular weight is 388 g/mol. The van der Waals surface area contributed by atoms with E-state index in [1.165, 1.54) is 18.7 Å². The second-order valence-corrected chi connectivity index (χ2v) is 7.69. The molecule has 2 heterocycles. The number of Topliss-reactive ketones (excluding diaryl/α,β-unsaturated/α-hetero) is 1. The second-order valence-electron chi connectivity index (χ2n) is 6.75. The first-order valence-corrected chi connectivity index (χ1v) is 10.1. The van der Waals surface area contributed by atoms with Crippen molar-refractivity contribution >= 4 is 29.1 Å². The largest absolute Gasteiger partial charge is 0.376 e. The zero-order valence-electron chi connectivity index (χ0n) is 15.9. The minimum absolute atomic E-state index is 0.0723. The number of imidazole rings is 1. The monoisotopic (exact) mass is 387 g/mol. The van der Waals surface area contributed by atoms with Gasteiger partial charge in [-0.2, -0.15) is 0 Å². The van der Waals surface area contributed by atoms with Crippen molar-refractivity contribution < 1.29 is 14.3 Å². The predicted octanol–water partition coefficient (Wildman–Crippen LogP) is 3.61. The van der Waals surface area contributed by atoms with E-state index < -0.39 is 0 Å². The van der Waals surface area contributed by atoms with Gasteiger partial charge in [0.2, 0.25) is 5.91 Å². The van der Waals surface area contributed by atoms with Crippen molar-refractivity contribution in [3.05, 3.63) is 41.2 Å². The minimum atomic E-state index is -0.157. The highest BCUT2D eigenvalue weighted by molar-refractivity contribution is 7.99. The van der Waals surface area contributed by atoms with Gasteiger partial charge in [0.1, 0.15) is 0 Å². The predicted molar refractivity (Wildman–Crippen MR) is 106 cm³/mol. The molecular formula is C20H25N3O3S. The van der Waals surface area contributed by atoms with E-state index >= 15 is 0 Å². The van der Waals surface area contributed by atoms with Gasteiger partial charge in [-0.1, -0.05) is 23.9 Å². The molecule has 0 radical (unpaired) electrons. The van der Waals surface area contributed by atoms with Crippen LogP contribution in [0.5, 0.6) is 0 Å². The number of nitrogens with one attached hydrogen (secondary N) is 1. The number of carbonyl (C=O) groups is 2. The molecule has 1 aromatic carbocycles. The molecule has 1 atom stereocenters. The Morgan fingerprint density at radius 1 is 1.33 bits per heavy atom. The molecule has 1 amide bonds. The standard InChI is InChI=1S/C20H25N3O3S/c1-13-14(2)23(11-16-7-6-10-26-16)20(21-13)27-12-19(25)22-18-9-5-4-8-17(18)15(3)24/h4-5,8-9,16H,6-7,10-12H2,1-3H3,(H,22,25). The third-order valence-corrected chi connectivity index (χ3v) is 5.72. The van der Waals surface area contributed by atoms with Crippen LogP contribution in [0.3, 0.4) is 0 Å². The van der Waals surface area contributed by atoms with Crippen LogP contribution in [0, 0.1) is 13.8 Å². The summed E-state index contributed by atoms with van der Waals surface area (Å²) in [5, 5.41) is 3.66. The Morgan fingerprint density at radius 3 is 2.81 bits per heavy atom. The van der Waals surface area contributed by atoms with Crippen LogP contribution in [0.25, 0.3) is 0 Å². The molecule has 144 valence electrons. The maximum atomic E-state index is 12.4. The second kappa shape index (κ2) is 8.71. The Balaban J connectivity index is 1.65. The molecule has 3 rings (SSSR count). The molecule has 6 nitrogen and oxygen atoms in total. The normalized spacial score (nSPS) is 16.5. The molecule has 1 N–H and O–H groups in total. The number of anilines is 1. The number of carbonyl (C=O) groups excluding carboxylic acids is 2. The van der Waals surface area contributed by atoms with Gasteiger partial charge < -0.3 is 14.6 Å². The van der Waals surface area contributed by atoms with E-state index in [0.29, 0.717) is 11.3 Å². The van der Waals surface area contributed by atoms with E-state index in [9.17, 15) is 9.59 Å². The molecule has 1 aliphatic heterocycles. The van der Waals surface area contributed by atoms with Gasteiger partial charge in [-0.3, -0.25) is 9.59 Å². The molecule has 27 heavy (non-hydrogen) atoms. The minimum Gasteiger partial charge on any atom is -0.376 e. The Morgan fingerprint density at radius 2 is 2.11 bits per heavy atom. The SMILES string of the molecule is CC(=O)c1ccccc1NC(=O)CSc1nc(C)c(C)n1CC1CCCO1. The number of benzene rings is 1. The lowest BCUT2D eigenvalue weighted by Crippen LogP contribution is -2.18. The molecule has 0 spiro atoms. The highest BCUT2D eigenvalue weighted by atomic mass is 32.2. The molecule has 0 bridgehead atoms. The Labute approximate surface area is 163 Å². The van der Waals surface area contributed by atoms with E-state index in [0.717, 1.165) is 42.5 Å².